The first-order valence-electron chi connectivity index (χ1n) is 15.9. The molecule has 0 aromatic carbocycles. The molecule has 2 spiro atoms. The van der Waals surface area contributed by atoms with Crippen LogP contribution in [0.2, 0.25) is 0 Å². The summed E-state index contributed by atoms with van der Waals surface area (Å²) in [7, 11) is 0. The van der Waals surface area contributed by atoms with E-state index in [9.17, 15) is 9.59 Å². The number of carbonyl (C=O) groups is 2. The highest BCUT2D eigenvalue weighted by Gasteiger charge is 2.48. The van der Waals surface area contributed by atoms with Crippen molar-refractivity contribution in [3.63, 3.8) is 0 Å². The second-order valence-corrected chi connectivity index (χ2v) is 14.3. The molecule has 2 amide bonds. The number of amides is 2. The summed E-state index contributed by atoms with van der Waals surface area (Å²) in [5.41, 5.74) is 0.712. The molecule has 5 aliphatic rings. The van der Waals surface area contributed by atoms with Gasteiger partial charge in [0.25, 0.3) is 0 Å². The van der Waals surface area contributed by atoms with Gasteiger partial charge in [0.2, 0.25) is 11.8 Å². The lowest BCUT2D eigenvalue weighted by atomic mass is 9.91. The molecule has 1 aliphatic carbocycles. The lowest BCUT2D eigenvalue weighted by molar-refractivity contribution is -0.303. The van der Waals surface area contributed by atoms with Crippen molar-refractivity contribution in [3.8, 4) is 0 Å². The molecule has 0 unspecified atom stereocenters. The van der Waals surface area contributed by atoms with E-state index in [1.807, 2.05) is 9.80 Å². The number of carbonyl (C=O) groups excluding carboxylic acids is 2. The standard InChI is InChI=1S/C31H54N4O4/c1-22(2)16-26-28(36)35(15-11-32-26)27(17-23(3)4)29(37)34-14-10-31(18-24(34)5)38-20-25(21-39-31)19-33-12-8-30(6-7-30)9-13-33/h22-27,32H,6-21H2,1-5H3/t24-,25?,26-,27-,31?/m0/s1. The first-order valence-corrected chi connectivity index (χ1v) is 15.9. The number of ether oxygens (including phenoxy) is 2. The van der Waals surface area contributed by atoms with Crippen molar-refractivity contribution >= 4 is 11.8 Å². The molecular weight excluding hydrogens is 492 g/mol. The third kappa shape index (κ3) is 6.82. The fraction of sp³-hybridized carbons (Fsp3) is 0.935. The second kappa shape index (κ2) is 11.9. The SMILES string of the molecule is CC(C)C[C@@H]1NCCN([C@@H](CC(C)C)C(=O)N2CCC3(C[C@@H]2C)OCC(CN2CCC4(CC2)CC4)CO3)C1=O. The predicted octanol–water partition coefficient (Wildman–Crippen LogP) is 3.49. The van der Waals surface area contributed by atoms with Crippen molar-refractivity contribution < 1.29 is 19.1 Å². The first kappa shape index (κ1) is 29.3. The molecule has 8 nitrogen and oxygen atoms in total. The quantitative estimate of drug-likeness (QED) is 0.503. The minimum atomic E-state index is -0.576. The summed E-state index contributed by atoms with van der Waals surface area (Å²) >= 11 is 0. The zero-order valence-corrected chi connectivity index (χ0v) is 25.3. The lowest BCUT2D eigenvalue weighted by Gasteiger charge is -2.50. The fourth-order valence-electron chi connectivity index (χ4n) is 7.47. The van der Waals surface area contributed by atoms with E-state index in [4.69, 9.17) is 9.47 Å². The zero-order chi connectivity index (χ0) is 27.8. The number of hydrogen-bond acceptors (Lipinski definition) is 6. The Bertz CT molecular complexity index is 857. The highest BCUT2D eigenvalue weighted by atomic mass is 16.7. The van der Waals surface area contributed by atoms with Gasteiger partial charge < -0.3 is 29.5 Å². The summed E-state index contributed by atoms with van der Waals surface area (Å²) in [6.45, 7) is 17.6. The highest BCUT2D eigenvalue weighted by Crippen LogP contribution is 2.53. The molecule has 0 aromatic rings. The van der Waals surface area contributed by atoms with E-state index >= 15 is 0 Å². The van der Waals surface area contributed by atoms with E-state index in [-0.39, 0.29) is 23.9 Å². The van der Waals surface area contributed by atoms with Crippen molar-refractivity contribution in [2.75, 3.05) is 52.5 Å². The van der Waals surface area contributed by atoms with Crippen LogP contribution in [0.5, 0.6) is 0 Å². The van der Waals surface area contributed by atoms with Crippen LogP contribution in [-0.2, 0) is 19.1 Å². The van der Waals surface area contributed by atoms with Crippen LogP contribution >= 0.6 is 0 Å². The van der Waals surface area contributed by atoms with Crippen LogP contribution in [-0.4, -0.2) is 103 Å². The number of likely N-dealkylation sites (tertiary alicyclic amines) is 2. The number of piperazine rings is 1. The molecule has 39 heavy (non-hydrogen) atoms. The van der Waals surface area contributed by atoms with Crippen molar-refractivity contribution in [1.82, 2.24) is 20.0 Å². The van der Waals surface area contributed by atoms with Crippen LogP contribution in [0.25, 0.3) is 0 Å². The van der Waals surface area contributed by atoms with Gasteiger partial charge in [-0.2, -0.15) is 0 Å². The molecule has 5 fully saturated rings. The zero-order valence-electron chi connectivity index (χ0n) is 25.3. The topological polar surface area (TPSA) is 74.3 Å². The Labute approximate surface area is 236 Å². The second-order valence-electron chi connectivity index (χ2n) is 14.3. The Kier molecular flexibility index (Phi) is 8.97. The Morgan fingerprint density at radius 3 is 2.26 bits per heavy atom. The van der Waals surface area contributed by atoms with E-state index in [2.05, 4.69) is 44.8 Å². The highest BCUT2D eigenvalue weighted by molar-refractivity contribution is 5.90. The van der Waals surface area contributed by atoms with E-state index in [0.29, 0.717) is 55.5 Å². The Morgan fingerprint density at radius 2 is 1.67 bits per heavy atom. The Balaban J connectivity index is 1.15. The van der Waals surface area contributed by atoms with Crippen molar-refractivity contribution in [3.05, 3.63) is 0 Å². The first-order chi connectivity index (χ1) is 18.6. The van der Waals surface area contributed by atoms with Gasteiger partial charge in [0.15, 0.2) is 5.79 Å². The molecule has 1 saturated carbocycles. The summed E-state index contributed by atoms with van der Waals surface area (Å²) in [5.74, 6) is 0.777. The molecule has 4 saturated heterocycles. The Morgan fingerprint density at radius 1 is 0.974 bits per heavy atom. The largest absolute Gasteiger partial charge is 0.349 e. The molecule has 5 rings (SSSR count). The molecule has 4 aliphatic heterocycles. The number of nitrogens with one attached hydrogen (secondary N) is 1. The number of piperidine rings is 2. The molecular formula is C31H54N4O4. The van der Waals surface area contributed by atoms with Gasteiger partial charge in [0.05, 0.1) is 19.3 Å². The average Bonchev–Trinajstić information content (AvgIpc) is 3.65. The van der Waals surface area contributed by atoms with Crippen LogP contribution in [0.3, 0.4) is 0 Å². The molecule has 0 aromatic heterocycles. The van der Waals surface area contributed by atoms with Crippen molar-refractivity contribution in [1.29, 1.82) is 0 Å². The third-order valence-corrected chi connectivity index (χ3v) is 10.1. The number of hydrogen-bond donors (Lipinski definition) is 1. The maximum absolute atomic E-state index is 14.0. The van der Waals surface area contributed by atoms with Crippen LogP contribution in [0, 0.1) is 23.2 Å². The van der Waals surface area contributed by atoms with Gasteiger partial charge in [-0.15, -0.1) is 0 Å². The fourth-order valence-corrected chi connectivity index (χ4v) is 7.47. The van der Waals surface area contributed by atoms with Crippen molar-refractivity contribution in [2.24, 2.45) is 23.2 Å². The van der Waals surface area contributed by atoms with E-state index in [1.54, 1.807) is 0 Å². The van der Waals surface area contributed by atoms with Gasteiger partial charge in [-0.05, 0) is 75.8 Å². The molecule has 3 atom stereocenters. The number of nitrogens with zero attached hydrogens (tertiary/aromatic N) is 3. The average molecular weight is 547 g/mol. The third-order valence-electron chi connectivity index (χ3n) is 10.1. The minimum Gasteiger partial charge on any atom is -0.349 e. The van der Waals surface area contributed by atoms with Gasteiger partial charge in [0.1, 0.15) is 6.04 Å². The minimum absolute atomic E-state index is 0.0127. The summed E-state index contributed by atoms with van der Waals surface area (Å²) in [4.78, 5) is 34.0. The van der Waals surface area contributed by atoms with Crippen LogP contribution in [0.1, 0.15) is 86.0 Å². The van der Waals surface area contributed by atoms with E-state index in [1.165, 1.54) is 38.8 Å². The summed E-state index contributed by atoms with van der Waals surface area (Å²) in [6, 6.07) is -0.582. The maximum atomic E-state index is 14.0. The lowest BCUT2D eigenvalue weighted by Crippen LogP contribution is -2.64. The molecule has 8 heteroatoms. The van der Waals surface area contributed by atoms with Crippen LogP contribution < -0.4 is 5.32 Å². The van der Waals surface area contributed by atoms with Crippen LogP contribution in [0.15, 0.2) is 0 Å². The van der Waals surface area contributed by atoms with Gasteiger partial charge >= 0.3 is 0 Å². The molecule has 222 valence electrons. The van der Waals surface area contributed by atoms with Gasteiger partial charge in [-0.3, -0.25) is 9.59 Å². The maximum Gasteiger partial charge on any atom is 0.245 e. The van der Waals surface area contributed by atoms with E-state index < -0.39 is 11.8 Å². The summed E-state index contributed by atoms with van der Waals surface area (Å²) in [6.07, 6.45) is 8.50. The monoisotopic (exact) mass is 546 g/mol. The molecule has 1 N–H and O–H groups in total. The molecule has 0 radical (unpaired) electrons. The van der Waals surface area contributed by atoms with Gasteiger partial charge in [0, 0.05) is 51.0 Å². The normalized spacial score (nSPS) is 34.3. The molecule has 4 heterocycles. The van der Waals surface area contributed by atoms with Gasteiger partial charge in [-0.1, -0.05) is 27.7 Å². The Hall–Kier alpha value is -1.22. The predicted molar refractivity (Wildman–Crippen MR) is 152 cm³/mol. The van der Waals surface area contributed by atoms with Crippen LogP contribution in [0.4, 0.5) is 0 Å². The molecule has 0 bridgehead atoms. The smallest absolute Gasteiger partial charge is 0.245 e. The van der Waals surface area contributed by atoms with Gasteiger partial charge in [-0.25, -0.2) is 0 Å². The summed E-state index contributed by atoms with van der Waals surface area (Å²) in [5, 5.41) is 3.39. The summed E-state index contributed by atoms with van der Waals surface area (Å²) < 4.78 is 12.9. The van der Waals surface area contributed by atoms with E-state index in [0.717, 1.165) is 32.7 Å². The van der Waals surface area contributed by atoms with Crippen molar-refractivity contribution in [2.45, 2.75) is 110 Å². The number of rotatable bonds is 8.